The van der Waals surface area contributed by atoms with Crippen LogP contribution in [-0.2, 0) is 4.79 Å². The molecule has 0 aliphatic heterocycles. The molecule has 1 amide bonds. The molecule has 0 bridgehead atoms. The number of carbonyl (C=O) groups is 1. The van der Waals surface area contributed by atoms with E-state index in [0.29, 0.717) is 18.2 Å². The summed E-state index contributed by atoms with van der Waals surface area (Å²) in [5.41, 5.74) is 6.02. The standard InChI is InChI=1S/C11H19N5O/c1-4-16(7-10(17)15-8(2)3)11-13-5-9(12)6-14-11/h5-6,8H,4,7,12H2,1-3H3,(H,15,17). The van der Waals surface area contributed by atoms with Crippen molar-refractivity contribution in [2.75, 3.05) is 23.7 Å². The lowest BCUT2D eigenvalue weighted by molar-refractivity contribution is -0.120. The highest BCUT2D eigenvalue weighted by Crippen LogP contribution is 2.07. The molecule has 17 heavy (non-hydrogen) atoms. The van der Waals surface area contributed by atoms with E-state index >= 15 is 0 Å². The van der Waals surface area contributed by atoms with Gasteiger partial charge >= 0.3 is 0 Å². The maximum absolute atomic E-state index is 11.6. The van der Waals surface area contributed by atoms with E-state index in [4.69, 9.17) is 5.73 Å². The van der Waals surface area contributed by atoms with Crippen LogP contribution in [0.25, 0.3) is 0 Å². The monoisotopic (exact) mass is 237 g/mol. The number of hydrogen-bond acceptors (Lipinski definition) is 5. The van der Waals surface area contributed by atoms with Crippen molar-refractivity contribution in [3.63, 3.8) is 0 Å². The van der Waals surface area contributed by atoms with E-state index in [0.717, 1.165) is 0 Å². The molecule has 0 unspecified atom stereocenters. The van der Waals surface area contributed by atoms with Crippen LogP contribution in [-0.4, -0.2) is 35.0 Å². The lowest BCUT2D eigenvalue weighted by Gasteiger charge is -2.20. The predicted octanol–water partition coefficient (Wildman–Crippen LogP) is 0.410. The first kappa shape index (κ1) is 13.2. The molecular formula is C11H19N5O. The minimum absolute atomic E-state index is 0.0396. The Balaban J connectivity index is 2.65. The van der Waals surface area contributed by atoms with Crippen LogP contribution in [0.15, 0.2) is 12.4 Å². The predicted molar refractivity (Wildman–Crippen MR) is 67.6 cm³/mol. The van der Waals surface area contributed by atoms with Crippen molar-refractivity contribution in [1.82, 2.24) is 15.3 Å². The molecule has 0 aromatic carbocycles. The number of likely N-dealkylation sites (N-methyl/N-ethyl adjacent to an activating group) is 1. The molecule has 0 saturated heterocycles. The number of nitrogens with two attached hydrogens (primary N) is 1. The summed E-state index contributed by atoms with van der Waals surface area (Å²) in [4.78, 5) is 21.6. The van der Waals surface area contributed by atoms with Gasteiger partial charge in [-0.05, 0) is 20.8 Å². The third-order valence-corrected chi connectivity index (χ3v) is 2.11. The zero-order valence-corrected chi connectivity index (χ0v) is 10.5. The Kier molecular flexibility index (Phi) is 4.68. The first-order valence-electron chi connectivity index (χ1n) is 5.64. The van der Waals surface area contributed by atoms with Crippen molar-refractivity contribution in [1.29, 1.82) is 0 Å². The van der Waals surface area contributed by atoms with Gasteiger partial charge in [0.05, 0.1) is 24.6 Å². The van der Waals surface area contributed by atoms with Crippen molar-refractivity contribution in [3.05, 3.63) is 12.4 Å². The molecule has 1 aromatic rings. The Morgan fingerprint density at radius 2 is 2.06 bits per heavy atom. The van der Waals surface area contributed by atoms with E-state index in [1.807, 2.05) is 20.8 Å². The van der Waals surface area contributed by atoms with Crippen LogP contribution >= 0.6 is 0 Å². The van der Waals surface area contributed by atoms with Crippen LogP contribution in [0.1, 0.15) is 20.8 Å². The first-order chi connectivity index (χ1) is 8.02. The summed E-state index contributed by atoms with van der Waals surface area (Å²) >= 11 is 0. The second-order valence-corrected chi connectivity index (χ2v) is 4.05. The van der Waals surface area contributed by atoms with E-state index in [1.54, 1.807) is 4.90 Å². The smallest absolute Gasteiger partial charge is 0.239 e. The highest BCUT2D eigenvalue weighted by molar-refractivity contribution is 5.80. The molecule has 1 heterocycles. The van der Waals surface area contributed by atoms with Gasteiger partial charge in [0.25, 0.3) is 0 Å². The first-order valence-corrected chi connectivity index (χ1v) is 5.64. The van der Waals surface area contributed by atoms with E-state index in [-0.39, 0.29) is 18.5 Å². The number of carbonyl (C=O) groups excluding carboxylic acids is 1. The average Bonchev–Trinajstić information content (AvgIpc) is 2.26. The maximum atomic E-state index is 11.6. The highest BCUT2D eigenvalue weighted by Gasteiger charge is 2.12. The van der Waals surface area contributed by atoms with Crippen LogP contribution in [0.2, 0.25) is 0 Å². The Bertz CT molecular complexity index is 363. The fourth-order valence-corrected chi connectivity index (χ4v) is 1.36. The van der Waals surface area contributed by atoms with Crippen molar-refractivity contribution >= 4 is 17.5 Å². The van der Waals surface area contributed by atoms with E-state index in [1.165, 1.54) is 12.4 Å². The number of rotatable bonds is 5. The summed E-state index contributed by atoms with van der Waals surface area (Å²) in [5, 5.41) is 2.83. The van der Waals surface area contributed by atoms with Crippen molar-refractivity contribution in [3.8, 4) is 0 Å². The van der Waals surface area contributed by atoms with Gasteiger partial charge < -0.3 is 16.0 Å². The Morgan fingerprint density at radius 1 is 1.47 bits per heavy atom. The summed E-state index contributed by atoms with van der Waals surface area (Å²) in [5.74, 6) is 0.475. The Morgan fingerprint density at radius 3 is 2.53 bits per heavy atom. The lowest BCUT2D eigenvalue weighted by Crippen LogP contribution is -2.40. The van der Waals surface area contributed by atoms with Gasteiger partial charge in [-0.25, -0.2) is 9.97 Å². The molecule has 0 saturated carbocycles. The lowest BCUT2D eigenvalue weighted by atomic mass is 10.4. The molecule has 1 aromatic heterocycles. The number of nitrogen functional groups attached to an aromatic ring is 1. The van der Waals surface area contributed by atoms with Gasteiger partial charge in [-0.1, -0.05) is 0 Å². The van der Waals surface area contributed by atoms with Gasteiger partial charge in [0.15, 0.2) is 0 Å². The van der Waals surface area contributed by atoms with E-state index in [2.05, 4.69) is 15.3 Å². The number of aromatic nitrogens is 2. The molecule has 94 valence electrons. The van der Waals surface area contributed by atoms with Gasteiger partial charge in [-0.15, -0.1) is 0 Å². The molecule has 3 N–H and O–H groups in total. The molecule has 1 rings (SSSR count). The number of hydrogen-bond donors (Lipinski definition) is 2. The van der Waals surface area contributed by atoms with Gasteiger partial charge in [0, 0.05) is 12.6 Å². The third-order valence-electron chi connectivity index (χ3n) is 2.11. The minimum atomic E-state index is -0.0396. The van der Waals surface area contributed by atoms with Crippen molar-refractivity contribution < 1.29 is 4.79 Å². The van der Waals surface area contributed by atoms with E-state index in [9.17, 15) is 4.79 Å². The summed E-state index contributed by atoms with van der Waals surface area (Å²) in [7, 11) is 0. The summed E-state index contributed by atoms with van der Waals surface area (Å²) < 4.78 is 0. The molecular weight excluding hydrogens is 218 g/mol. The quantitative estimate of drug-likeness (QED) is 0.775. The largest absolute Gasteiger partial charge is 0.396 e. The fraction of sp³-hybridized carbons (Fsp3) is 0.545. The molecule has 0 aliphatic carbocycles. The van der Waals surface area contributed by atoms with Gasteiger partial charge in [-0.3, -0.25) is 4.79 Å². The second-order valence-electron chi connectivity index (χ2n) is 4.05. The van der Waals surface area contributed by atoms with E-state index < -0.39 is 0 Å². The van der Waals surface area contributed by atoms with Crippen LogP contribution in [0.3, 0.4) is 0 Å². The Labute approximate surface area is 101 Å². The third kappa shape index (κ3) is 4.26. The second kappa shape index (κ2) is 6.03. The number of amides is 1. The van der Waals surface area contributed by atoms with Crippen molar-refractivity contribution in [2.45, 2.75) is 26.8 Å². The fourth-order valence-electron chi connectivity index (χ4n) is 1.36. The molecule has 0 spiro atoms. The molecule has 0 radical (unpaired) electrons. The maximum Gasteiger partial charge on any atom is 0.239 e. The summed E-state index contributed by atoms with van der Waals surface area (Å²) in [6.07, 6.45) is 3.07. The van der Waals surface area contributed by atoms with Gasteiger partial charge in [0.2, 0.25) is 11.9 Å². The van der Waals surface area contributed by atoms with Crippen LogP contribution in [0.5, 0.6) is 0 Å². The normalized spacial score (nSPS) is 10.4. The van der Waals surface area contributed by atoms with Gasteiger partial charge in [0.1, 0.15) is 0 Å². The zero-order chi connectivity index (χ0) is 12.8. The molecule has 6 nitrogen and oxygen atoms in total. The van der Waals surface area contributed by atoms with Crippen molar-refractivity contribution in [2.24, 2.45) is 0 Å². The summed E-state index contributed by atoms with van der Waals surface area (Å²) in [6.45, 7) is 6.71. The van der Waals surface area contributed by atoms with Crippen LogP contribution in [0, 0.1) is 0 Å². The summed E-state index contributed by atoms with van der Waals surface area (Å²) in [6, 6.07) is 0.133. The SMILES string of the molecule is CCN(CC(=O)NC(C)C)c1ncc(N)cn1. The highest BCUT2D eigenvalue weighted by atomic mass is 16.2. The molecule has 0 fully saturated rings. The van der Waals surface area contributed by atoms with Gasteiger partial charge in [-0.2, -0.15) is 0 Å². The minimum Gasteiger partial charge on any atom is -0.396 e. The number of nitrogens with zero attached hydrogens (tertiary/aromatic N) is 3. The molecule has 0 aliphatic rings. The number of nitrogens with one attached hydrogen (secondary N) is 1. The van der Waals surface area contributed by atoms with Crippen LogP contribution in [0.4, 0.5) is 11.6 Å². The molecule has 0 atom stereocenters. The average molecular weight is 237 g/mol. The Hall–Kier alpha value is -1.85. The van der Waals surface area contributed by atoms with Crippen LogP contribution < -0.4 is 16.0 Å². The molecule has 6 heteroatoms. The topological polar surface area (TPSA) is 84.1 Å². The zero-order valence-electron chi connectivity index (χ0n) is 10.5. The number of anilines is 2.